The molecule has 1 aromatic rings. The molecule has 6 heteroatoms. The summed E-state index contributed by atoms with van der Waals surface area (Å²) in [5, 5.41) is 2.50. The molecule has 0 bridgehead atoms. The molecule has 0 radical (unpaired) electrons. The van der Waals surface area contributed by atoms with Crippen LogP contribution in [0.5, 0.6) is 0 Å². The van der Waals surface area contributed by atoms with E-state index in [-0.39, 0.29) is 6.04 Å². The average molecular weight is 337 g/mol. The lowest BCUT2D eigenvalue weighted by Crippen LogP contribution is -2.48. The fourth-order valence-electron chi connectivity index (χ4n) is 2.29. The van der Waals surface area contributed by atoms with Gasteiger partial charge in [-0.25, -0.2) is 0 Å². The highest BCUT2D eigenvalue weighted by molar-refractivity contribution is 8.07. The SMILES string of the molecule is CC1SCCSC1C(Cc1ccc(Cl)cc1Cl)NN. The molecule has 0 aromatic heterocycles. The molecule has 1 fully saturated rings. The molecular formula is C13H18Cl2N2S2. The molecule has 19 heavy (non-hydrogen) atoms. The normalized spacial score (nSPS) is 25.3. The highest BCUT2D eigenvalue weighted by Crippen LogP contribution is 2.34. The minimum absolute atomic E-state index is 0.228. The van der Waals surface area contributed by atoms with Crippen molar-refractivity contribution < 1.29 is 0 Å². The predicted molar refractivity (Wildman–Crippen MR) is 89.4 cm³/mol. The molecule has 1 aromatic carbocycles. The van der Waals surface area contributed by atoms with E-state index in [9.17, 15) is 0 Å². The van der Waals surface area contributed by atoms with Crippen LogP contribution in [0.15, 0.2) is 18.2 Å². The largest absolute Gasteiger partial charge is 0.271 e. The van der Waals surface area contributed by atoms with Crippen LogP contribution in [0.3, 0.4) is 0 Å². The van der Waals surface area contributed by atoms with Crippen molar-refractivity contribution in [2.24, 2.45) is 5.84 Å². The minimum atomic E-state index is 0.228. The average Bonchev–Trinajstić information content (AvgIpc) is 2.39. The summed E-state index contributed by atoms with van der Waals surface area (Å²) in [5.74, 6) is 8.16. The number of benzene rings is 1. The zero-order valence-electron chi connectivity index (χ0n) is 10.7. The third-order valence-electron chi connectivity index (χ3n) is 3.30. The molecule has 106 valence electrons. The first-order valence-electron chi connectivity index (χ1n) is 6.25. The lowest BCUT2D eigenvalue weighted by Gasteiger charge is -2.34. The van der Waals surface area contributed by atoms with Gasteiger partial charge in [-0.3, -0.25) is 11.3 Å². The molecule has 1 aliphatic heterocycles. The highest BCUT2D eigenvalue weighted by atomic mass is 35.5. The molecule has 1 saturated heterocycles. The summed E-state index contributed by atoms with van der Waals surface area (Å²) in [7, 11) is 0. The van der Waals surface area contributed by atoms with Crippen molar-refractivity contribution in [1.82, 2.24) is 5.43 Å². The maximum Gasteiger partial charge on any atom is 0.0453 e. The Labute approximate surface area is 133 Å². The number of nitrogens with one attached hydrogen (secondary N) is 1. The van der Waals surface area contributed by atoms with E-state index >= 15 is 0 Å². The Morgan fingerprint density at radius 2 is 2.11 bits per heavy atom. The predicted octanol–water partition coefficient (Wildman–Crippen LogP) is 3.60. The highest BCUT2D eigenvalue weighted by Gasteiger charge is 2.30. The fourth-order valence-corrected chi connectivity index (χ4v) is 5.71. The second-order valence-electron chi connectivity index (χ2n) is 4.62. The summed E-state index contributed by atoms with van der Waals surface area (Å²) in [6.45, 7) is 2.27. The van der Waals surface area contributed by atoms with Crippen molar-refractivity contribution in [1.29, 1.82) is 0 Å². The molecule has 0 amide bonds. The molecule has 1 heterocycles. The Morgan fingerprint density at radius 1 is 1.37 bits per heavy atom. The number of hydrogen-bond acceptors (Lipinski definition) is 4. The standard InChI is InChI=1S/C13H18Cl2N2S2/c1-8-13(19-5-4-18-8)12(17-16)6-9-2-3-10(14)7-11(9)15/h2-3,7-8,12-13,17H,4-6,16H2,1H3. The quantitative estimate of drug-likeness (QED) is 0.650. The van der Waals surface area contributed by atoms with Crippen LogP contribution in [-0.2, 0) is 6.42 Å². The van der Waals surface area contributed by atoms with Crippen molar-refractivity contribution in [3.63, 3.8) is 0 Å². The Bertz CT molecular complexity index is 431. The molecule has 0 spiro atoms. The molecule has 2 nitrogen and oxygen atoms in total. The van der Waals surface area contributed by atoms with Crippen molar-refractivity contribution in [3.05, 3.63) is 33.8 Å². The summed E-state index contributed by atoms with van der Waals surface area (Å²) in [4.78, 5) is 0. The first kappa shape index (κ1) is 15.8. The van der Waals surface area contributed by atoms with E-state index in [1.54, 1.807) is 6.07 Å². The zero-order chi connectivity index (χ0) is 13.8. The topological polar surface area (TPSA) is 38.0 Å². The van der Waals surface area contributed by atoms with Crippen molar-refractivity contribution >= 4 is 46.7 Å². The van der Waals surface area contributed by atoms with Crippen LogP contribution in [0, 0.1) is 0 Å². The maximum absolute atomic E-state index is 6.24. The van der Waals surface area contributed by atoms with E-state index in [2.05, 4.69) is 12.3 Å². The Hall–Kier alpha value is 0.420. The van der Waals surface area contributed by atoms with Crippen LogP contribution in [-0.4, -0.2) is 28.0 Å². The first-order chi connectivity index (χ1) is 9.11. The molecule has 0 aliphatic carbocycles. The Morgan fingerprint density at radius 3 is 2.74 bits per heavy atom. The van der Waals surface area contributed by atoms with Gasteiger partial charge < -0.3 is 0 Å². The van der Waals surface area contributed by atoms with E-state index in [0.717, 1.165) is 12.0 Å². The Kier molecular flexibility index (Phi) is 6.18. The van der Waals surface area contributed by atoms with Gasteiger partial charge in [-0.05, 0) is 24.1 Å². The number of halogens is 2. The van der Waals surface area contributed by atoms with Gasteiger partial charge in [0.05, 0.1) is 0 Å². The lowest BCUT2D eigenvalue weighted by atomic mass is 10.0. The summed E-state index contributed by atoms with van der Waals surface area (Å²) >= 11 is 16.2. The second-order valence-corrected chi connectivity index (χ2v) is 8.24. The van der Waals surface area contributed by atoms with Gasteiger partial charge in [-0.2, -0.15) is 23.5 Å². The van der Waals surface area contributed by atoms with Gasteiger partial charge in [0, 0.05) is 38.1 Å². The van der Waals surface area contributed by atoms with E-state index in [1.807, 2.05) is 35.7 Å². The van der Waals surface area contributed by atoms with Crippen LogP contribution >= 0.6 is 46.7 Å². The van der Waals surface area contributed by atoms with E-state index in [0.29, 0.717) is 20.5 Å². The molecule has 3 N–H and O–H groups in total. The lowest BCUT2D eigenvalue weighted by molar-refractivity contribution is 0.501. The van der Waals surface area contributed by atoms with Gasteiger partial charge in [-0.15, -0.1) is 0 Å². The number of nitrogens with two attached hydrogens (primary N) is 1. The van der Waals surface area contributed by atoms with Crippen LogP contribution in [0.1, 0.15) is 12.5 Å². The smallest absolute Gasteiger partial charge is 0.0453 e. The van der Waals surface area contributed by atoms with E-state index in [1.165, 1.54) is 11.5 Å². The van der Waals surface area contributed by atoms with Crippen molar-refractivity contribution in [2.45, 2.75) is 29.9 Å². The molecule has 3 unspecified atom stereocenters. The van der Waals surface area contributed by atoms with Crippen molar-refractivity contribution in [3.8, 4) is 0 Å². The van der Waals surface area contributed by atoms with E-state index in [4.69, 9.17) is 29.0 Å². The van der Waals surface area contributed by atoms with Gasteiger partial charge in [-0.1, -0.05) is 36.2 Å². The molecule has 1 aliphatic rings. The number of hydrazine groups is 1. The zero-order valence-corrected chi connectivity index (χ0v) is 13.9. The van der Waals surface area contributed by atoms with Gasteiger partial charge in [0.2, 0.25) is 0 Å². The summed E-state index contributed by atoms with van der Waals surface area (Å²) in [5.41, 5.74) is 4.06. The van der Waals surface area contributed by atoms with Crippen LogP contribution in [0.2, 0.25) is 10.0 Å². The van der Waals surface area contributed by atoms with Crippen molar-refractivity contribution in [2.75, 3.05) is 11.5 Å². The second kappa shape index (κ2) is 7.43. The summed E-state index contributed by atoms with van der Waals surface area (Å²) in [6, 6.07) is 5.88. The molecule has 2 rings (SSSR count). The number of rotatable bonds is 4. The van der Waals surface area contributed by atoms with Gasteiger partial charge in [0.25, 0.3) is 0 Å². The third-order valence-corrected chi connectivity index (χ3v) is 7.14. The van der Waals surface area contributed by atoms with Gasteiger partial charge in [0.1, 0.15) is 0 Å². The monoisotopic (exact) mass is 336 g/mol. The van der Waals surface area contributed by atoms with Crippen LogP contribution < -0.4 is 11.3 Å². The maximum atomic E-state index is 6.24. The summed E-state index contributed by atoms with van der Waals surface area (Å²) < 4.78 is 0. The van der Waals surface area contributed by atoms with Gasteiger partial charge >= 0.3 is 0 Å². The fraction of sp³-hybridized carbons (Fsp3) is 0.538. The molecule has 3 atom stereocenters. The summed E-state index contributed by atoms with van der Waals surface area (Å²) in [6.07, 6.45) is 0.828. The van der Waals surface area contributed by atoms with Crippen LogP contribution in [0.25, 0.3) is 0 Å². The van der Waals surface area contributed by atoms with Crippen LogP contribution in [0.4, 0.5) is 0 Å². The number of thioether (sulfide) groups is 2. The van der Waals surface area contributed by atoms with Gasteiger partial charge in [0.15, 0.2) is 0 Å². The first-order valence-corrected chi connectivity index (χ1v) is 9.10. The molecular weight excluding hydrogens is 319 g/mol. The number of hydrogen-bond donors (Lipinski definition) is 2. The Balaban J connectivity index is 2.09. The van der Waals surface area contributed by atoms with E-state index < -0.39 is 0 Å². The third kappa shape index (κ3) is 4.19. The minimum Gasteiger partial charge on any atom is -0.271 e. The molecule has 0 saturated carbocycles.